The molecule has 7 rings (SSSR count). The molecule has 1 aliphatic carbocycles. The lowest BCUT2D eigenvalue weighted by molar-refractivity contribution is 0.0859. The number of rotatable bonds is 10. The second-order valence-electron chi connectivity index (χ2n) is 13.6. The van der Waals surface area contributed by atoms with Crippen LogP contribution in [0.5, 0.6) is 6.01 Å². The molecular weight excluding hydrogens is 603 g/mol. The summed E-state index contributed by atoms with van der Waals surface area (Å²) < 4.78 is 53.3. The fourth-order valence-electron chi connectivity index (χ4n) is 8.27. The Morgan fingerprint density at radius 2 is 1.94 bits per heavy atom. The zero-order valence-electron chi connectivity index (χ0n) is 27.0. The zero-order chi connectivity index (χ0) is 32.7. The van der Waals surface area contributed by atoms with E-state index in [2.05, 4.69) is 26.7 Å². The molecule has 2 aromatic carbocycles. The van der Waals surface area contributed by atoms with Gasteiger partial charge in [-0.05, 0) is 73.8 Å². The van der Waals surface area contributed by atoms with Crippen LogP contribution in [0.15, 0.2) is 42.7 Å². The summed E-state index contributed by atoms with van der Waals surface area (Å²) >= 11 is 0. The molecule has 1 aromatic heterocycles. The van der Waals surface area contributed by atoms with Crippen LogP contribution in [0.1, 0.15) is 80.0 Å². The number of piperazine rings is 1. The molecule has 0 amide bonds. The third kappa shape index (κ3) is 6.34. The Morgan fingerprint density at radius 1 is 1.13 bits per heavy atom. The SMILES string of the molecule is C=CC[C@H]1C[C@H](F)CCN1CCCOc1nc(N2CC3CCC(C2)N3)c2cc(F)c(C3CC(O)=Cc4cccc(CC)c43)c(F)c2n1. The van der Waals surface area contributed by atoms with Crippen molar-refractivity contribution in [2.45, 2.75) is 88.5 Å². The zero-order valence-corrected chi connectivity index (χ0v) is 27.0. The van der Waals surface area contributed by atoms with Crippen molar-refractivity contribution in [1.82, 2.24) is 20.2 Å². The molecule has 0 saturated carbocycles. The van der Waals surface area contributed by atoms with Crippen LogP contribution in [0.4, 0.5) is 19.0 Å². The van der Waals surface area contributed by atoms with Crippen molar-refractivity contribution in [3.05, 3.63) is 76.6 Å². The van der Waals surface area contributed by atoms with E-state index in [-0.39, 0.29) is 47.4 Å². The molecule has 250 valence electrons. The first-order valence-corrected chi connectivity index (χ1v) is 17.2. The number of aromatic nitrogens is 2. The third-order valence-electron chi connectivity index (χ3n) is 10.5. The van der Waals surface area contributed by atoms with Gasteiger partial charge in [-0.3, -0.25) is 4.90 Å². The molecule has 0 spiro atoms. The van der Waals surface area contributed by atoms with Gasteiger partial charge < -0.3 is 20.1 Å². The van der Waals surface area contributed by atoms with Gasteiger partial charge in [0.15, 0.2) is 5.82 Å². The van der Waals surface area contributed by atoms with Crippen molar-refractivity contribution in [1.29, 1.82) is 0 Å². The van der Waals surface area contributed by atoms with Gasteiger partial charge in [0.25, 0.3) is 0 Å². The second-order valence-corrected chi connectivity index (χ2v) is 13.6. The van der Waals surface area contributed by atoms with Gasteiger partial charge in [0.05, 0.1) is 12.4 Å². The fourth-order valence-corrected chi connectivity index (χ4v) is 8.27. The summed E-state index contributed by atoms with van der Waals surface area (Å²) in [5.41, 5.74) is 2.52. The number of fused-ring (bicyclic) bond motifs is 4. The Kier molecular flexibility index (Phi) is 9.16. The standard InChI is InChI=1S/C37H44F3N5O2/c1-3-7-27-17-24(38)12-14-44(27)13-6-15-47-37-42-35-30(36(43-37)45-20-25-10-11-26(21-45)41-25)19-31(39)33(34(35)40)29-18-28(46)16-23-9-5-8-22(4-2)32(23)29/h3,5,8-9,16,19,24-27,29,41,46H,1,4,6-7,10-15,17-18,20-21H2,2H3/t24-,25?,26?,27+,29?/m1/s1. The van der Waals surface area contributed by atoms with Gasteiger partial charge in [-0.15, -0.1) is 6.58 Å². The summed E-state index contributed by atoms with van der Waals surface area (Å²) in [5, 5.41) is 14.6. The molecule has 3 aliphatic heterocycles. The molecule has 3 fully saturated rings. The predicted molar refractivity (Wildman–Crippen MR) is 179 cm³/mol. The number of piperidine rings is 1. The molecule has 47 heavy (non-hydrogen) atoms. The van der Waals surface area contributed by atoms with Crippen LogP contribution >= 0.6 is 0 Å². The van der Waals surface area contributed by atoms with Gasteiger partial charge in [0, 0.05) is 67.6 Å². The fraction of sp³-hybridized carbons (Fsp3) is 0.514. The first-order chi connectivity index (χ1) is 22.8. The molecular formula is C37H44F3N5O2. The number of hydrogen-bond donors (Lipinski definition) is 2. The highest BCUT2D eigenvalue weighted by atomic mass is 19.1. The topological polar surface area (TPSA) is 73.8 Å². The van der Waals surface area contributed by atoms with Gasteiger partial charge in [-0.2, -0.15) is 9.97 Å². The summed E-state index contributed by atoms with van der Waals surface area (Å²) in [6.07, 6.45) is 8.07. The van der Waals surface area contributed by atoms with Crippen molar-refractivity contribution in [3.63, 3.8) is 0 Å². The van der Waals surface area contributed by atoms with E-state index in [0.29, 0.717) is 63.1 Å². The minimum Gasteiger partial charge on any atom is -0.512 e. The van der Waals surface area contributed by atoms with E-state index in [1.165, 1.54) is 6.07 Å². The smallest absolute Gasteiger partial charge is 0.319 e. The van der Waals surface area contributed by atoms with Crippen LogP contribution in [-0.2, 0) is 6.42 Å². The van der Waals surface area contributed by atoms with E-state index in [9.17, 15) is 9.50 Å². The largest absolute Gasteiger partial charge is 0.512 e. The molecule has 0 radical (unpaired) electrons. The van der Waals surface area contributed by atoms with Crippen LogP contribution in [0.2, 0.25) is 0 Å². The lowest BCUT2D eigenvalue weighted by Crippen LogP contribution is -2.51. The molecule has 2 bridgehead atoms. The highest BCUT2D eigenvalue weighted by molar-refractivity contribution is 5.91. The molecule has 7 nitrogen and oxygen atoms in total. The average Bonchev–Trinajstić information content (AvgIpc) is 3.40. The summed E-state index contributed by atoms with van der Waals surface area (Å²) in [5.74, 6) is -1.56. The Hall–Kier alpha value is -3.63. The summed E-state index contributed by atoms with van der Waals surface area (Å²) in [6, 6.07) is 7.88. The van der Waals surface area contributed by atoms with Gasteiger partial charge in [0.1, 0.15) is 23.3 Å². The average molecular weight is 648 g/mol. The number of nitrogens with one attached hydrogen (secondary N) is 1. The monoisotopic (exact) mass is 647 g/mol. The maximum atomic E-state index is 16.9. The molecule has 4 heterocycles. The first kappa shape index (κ1) is 31.9. The maximum Gasteiger partial charge on any atom is 0.319 e. The van der Waals surface area contributed by atoms with Gasteiger partial charge in [-0.25, -0.2) is 13.2 Å². The highest BCUT2D eigenvalue weighted by Gasteiger charge is 2.36. The minimum absolute atomic E-state index is 0.0212. The Balaban J connectivity index is 1.23. The summed E-state index contributed by atoms with van der Waals surface area (Å²) in [6.45, 7) is 8.94. The highest BCUT2D eigenvalue weighted by Crippen LogP contribution is 2.44. The van der Waals surface area contributed by atoms with E-state index in [0.717, 1.165) is 42.5 Å². The van der Waals surface area contributed by atoms with Gasteiger partial charge in [-0.1, -0.05) is 31.2 Å². The molecule has 3 unspecified atom stereocenters. The lowest BCUT2D eigenvalue weighted by atomic mass is 9.78. The number of likely N-dealkylation sites (tertiary alicyclic amines) is 1. The van der Waals surface area contributed by atoms with E-state index in [1.54, 1.807) is 6.08 Å². The number of aliphatic hydroxyl groups excluding tert-OH is 1. The Labute approximate surface area is 274 Å². The van der Waals surface area contributed by atoms with Crippen molar-refractivity contribution in [2.75, 3.05) is 37.7 Å². The van der Waals surface area contributed by atoms with Crippen LogP contribution in [-0.4, -0.2) is 77.1 Å². The minimum atomic E-state index is -0.780. The number of aliphatic hydroxyl groups is 1. The van der Waals surface area contributed by atoms with E-state index in [4.69, 9.17) is 9.72 Å². The van der Waals surface area contributed by atoms with Crippen molar-refractivity contribution < 1.29 is 23.0 Å². The third-order valence-corrected chi connectivity index (χ3v) is 10.5. The second kappa shape index (κ2) is 13.5. The normalized spacial score (nSPS) is 25.9. The molecule has 5 atom stereocenters. The van der Waals surface area contributed by atoms with E-state index < -0.39 is 23.7 Å². The molecule has 3 aromatic rings. The number of nitrogens with zero attached hydrogens (tertiary/aromatic N) is 4. The lowest BCUT2D eigenvalue weighted by Gasteiger charge is -2.36. The molecule has 4 aliphatic rings. The predicted octanol–water partition coefficient (Wildman–Crippen LogP) is 6.99. The molecule has 3 saturated heterocycles. The van der Waals surface area contributed by atoms with Crippen molar-refractivity contribution >= 4 is 22.8 Å². The number of benzene rings is 2. The van der Waals surface area contributed by atoms with Crippen LogP contribution in [0.3, 0.4) is 0 Å². The Morgan fingerprint density at radius 3 is 2.70 bits per heavy atom. The maximum absolute atomic E-state index is 16.9. The Bertz CT molecular complexity index is 1670. The molecule has 10 heteroatoms. The number of alkyl halides is 1. The van der Waals surface area contributed by atoms with Crippen LogP contribution in [0.25, 0.3) is 17.0 Å². The number of allylic oxidation sites excluding steroid dienone is 1. The molecule has 2 N–H and O–H groups in total. The number of hydrogen-bond acceptors (Lipinski definition) is 7. The summed E-state index contributed by atoms with van der Waals surface area (Å²) in [7, 11) is 0. The number of aryl methyl sites for hydroxylation is 1. The van der Waals surface area contributed by atoms with Crippen molar-refractivity contribution in [2.24, 2.45) is 0 Å². The van der Waals surface area contributed by atoms with Crippen LogP contribution in [0, 0.1) is 11.6 Å². The quantitative estimate of drug-likeness (QED) is 0.182. The summed E-state index contributed by atoms with van der Waals surface area (Å²) in [4.78, 5) is 13.7. The number of anilines is 1. The first-order valence-electron chi connectivity index (χ1n) is 17.2. The van der Waals surface area contributed by atoms with Gasteiger partial charge in [0.2, 0.25) is 0 Å². The van der Waals surface area contributed by atoms with Crippen LogP contribution < -0.4 is 15.0 Å². The number of halogens is 3. The van der Waals surface area contributed by atoms with E-state index in [1.807, 2.05) is 31.2 Å². The van der Waals surface area contributed by atoms with Gasteiger partial charge >= 0.3 is 6.01 Å². The number of ether oxygens (including phenoxy) is 1. The van der Waals surface area contributed by atoms with E-state index >= 15 is 8.78 Å². The van der Waals surface area contributed by atoms with Crippen molar-refractivity contribution in [3.8, 4) is 6.01 Å².